The molecule has 1 fully saturated rings. The van der Waals surface area contributed by atoms with Gasteiger partial charge in [-0.3, -0.25) is 9.59 Å². The molecule has 2 rings (SSSR count). The summed E-state index contributed by atoms with van der Waals surface area (Å²) in [6.45, 7) is 0.534. The number of benzene rings is 1. The van der Waals surface area contributed by atoms with Crippen LogP contribution in [0.1, 0.15) is 10.4 Å². The first-order valence-electron chi connectivity index (χ1n) is 4.96. The minimum Gasteiger partial charge on any atom is -0.481 e. The highest BCUT2D eigenvalue weighted by Crippen LogP contribution is 2.25. The van der Waals surface area contributed by atoms with Crippen molar-refractivity contribution < 1.29 is 14.7 Å². The van der Waals surface area contributed by atoms with Crippen molar-refractivity contribution in [2.24, 2.45) is 5.92 Å². The lowest BCUT2D eigenvalue weighted by atomic mass is 9.99. The minimum absolute atomic E-state index is 0.175. The molecule has 0 bridgehead atoms. The molecule has 0 spiro atoms. The fraction of sp³-hybridized carbons (Fsp3) is 0.273. The van der Waals surface area contributed by atoms with Crippen molar-refractivity contribution >= 4 is 39.4 Å². The maximum atomic E-state index is 12.0. The average molecular weight is 319 g/mol. The van der Waals surface area contributed by atoms with Gasteiger partial charge in [-0.25, -0.2) is 0 Å². The lowest BCUT2D eigenvalue weighted by Gasteiger charge is -2.36. The smallest absolute Gasteiger partial charge is 0.310 e. The van der Waals surface area contributed by atoms with Crippen LogP contribution in [0.3, 0.4) is 0 Å². The molecule has 0 aliphatic carbocycles. The zero-order valence-corrected chi connectivity index (χ0v) is 11.0. The average Bonchev–Trinajstić information content (AvgIpc) is 2.13. The Labute approximate surface area is 111 Å². The first kappa shape index (κ1) is 12.4. The maximum Gasteiger partial charge on any atom is 0.310 e. The van der Waals surface area contributed by atoms with Crippen molar-refractivity contribution in [3.8, 4) is 0 Å². The molecule has 0 atom stereocenters. The highest BCUT2D eigenvalue weighted by molar-refractivity contribution is 9.10. The second-order valence-corrected chi connectivity index (χ2v) is 5.16. The third-order valence-electron chi connectivity index (χ3n) is 2.68. The van der Waals surface area contributed by atoms with E-state index >= 15 is 0 Å². The van der Waals surface area contributed by atoms with Gasteiger partial charge in [0.15, 0.2) is 0 Å². The number of halogens is 2. The van der Waals surface area contributed by atoms with Crippen molar-refractivity contribution in [2.45, 2.75) is 0 Å². The van der Waals surface area contributed by atoms with Gasteiger partial charge in [0, 0.05) is 22.6 Å². The number of hydrogen-bond donors (Lipinski definition) is 1. The third kappa shape index (κ3) is 2.45. The molecule has 1 heterocycles. The van der Waals surface area contributed by atoms with Gasteiger partial charge in [0.1, 0.15) is 0 Å². The summed E-state index contributed by atoms with van der Waals surface area (Å²) < 4.78 is 0.619. The summed E-state index contributed by atoms with van der Waals surface area (Å²) in [6, 6.07) is 4.90. The van der Waals surface area contributed by atoms with Crippen LogP contribution < -0.4 is 0 Å². The molecule has 0 aromatic heterocycles. The van der Waals surface area contributed by atoms with Crippen molar-refractivity contribution in [1.82, 2.24) is 4.90 Å². The highest BCUT2D eigenvalue weighted by atomic mass is 79.9. The summed E-state index contributed by atoms with van der Waals surface area (Å²) in [5.74, 6) is -1.47. The van der Waals surface area contributed by atoms with E-state index < -0.39 is 11.9 Å². The van der Waals surface area contributed by atoms with Crippen molar-refractivity contribution in [1.29, 1.82) is 0 Å². The molecule has 1 amide bonds. The number of carboxylic acid groups (broad SMARTS) is 1. The molecular weight excluding hydrogens is 309 g/mol. The van der Waals surface area contributed by atoms with Crippen LogP contribution in [0, 0.1) is 5.92 Å². The first-order chi connectivity index (χ1) is 7.99. The molecule has 0 unspecified atom stereocenters. The lowest BCUT2D eigenvalue weighted by Crippen LogP contribution is -2.53. The Morgan fingerprint density at radius 2 is 2.06 bits per heavy atom. The van der Waals surface area contributed by atoms with Gasteiger partial charge in [0.25, 0.3) is 5.91 Å². The molecule has 1 saturated heterocycles. The van der Waals surface area contributed by atoms with Crippen LogP contribution in [-0.2, 0) is 4.79 Å². The van der Waals surface area contributed by atoms with Crippen molar-refractivity contribution in [2.75, 3.05) is 13.1 Å². The van der Waals surface area contributed by atoms with Gasteiger partial charge in [-0.1, -0.05) is 11.6 Å². The highest BCUT2D eigenvalue weighted by Gasteiger charge is 2.36. The van der Waals surface area contributed by atoms with Crippen LogP contribution in [-0.4, -0.2) is 35.0 Å². The molecule has 6 heteroatoms. The van der Waals surface area contributed by atoms with Crippen LogP contribution in [0.2, 0.25) is 5.02 Å². The van der Waals surface area contributed by atoms with Gasteiger partial charge < -0.3 is 10.0 Å². The summed E-state index contributed by atoms with van der Waals surface area (Å²) >= 11 is 9.05. The van der Waals surface area contributed by atoms with Crippen LogP contribution in [0.5, 0.6) is 0 Å². The molecule has 90 valence electrons. The molecule has 1 aromatic carbocycles. The van der Waals surface area contributed by atoms with Crippen LogP contribution in [0.15, 0.2) is 22.7 Å². The molecule has 4 nitrogen and oxygen atoms in total. The molecule has 17 heavy (non-hydrogen) atoms. The van der Waals surface area contributed by atoms with Gasteiger partial charge in [-0.2, -0.15) is 0 Å². The van der Waals surface area contributed by atoms with E-state index in [4.69, 9.17) is 16.7 Å². The summed E-state index contributed by atoms with van der Waals surface area (Å²) in [7, 11) is 0. The lowest BCUT2D eigenvalue weighted by molar-refractivity contribution is -0.146. The van der Waals surface area contributed by atoms with E-state index in [1.807, 2.05) is 0 Å². The Hall–Kier alpha value is -1.07. The summed E-state index contributed by atoms with van der Waals surface area (Å²) in [4.78, 5) is 24.1. The maximum absolute atomic E-state index is 12.0. The van der Waals surface area contributed by atoms with Crippen LogP contribution in [0.4, 0.5) is 0 Å². The third-order valence-corrected chi connectivity index (χ3v) is 3.57. The Morgan fingerprint density at radius 3 is 2.59 bits per heavy atom. The second-order valence-electron chi connectivity index (χ2n) is 3.87. The topological polar surface area (TPSA) is 57.6 Å². The standard InChI is InChI=1S/C11H9BrClNO3/c12-9-3-7(13)1-2-8(9)10(15)14-4-6(5-14)11(16)17/h1-3,6H,4-5H2,(H,16,17). The molecular formula is C11H9BrClNO3. The number of likely N-dealkylation sites (tertiary alicyclic amines) is 1. The van der Waals surface area contributed by atoms with E-state index in [-0.39, 0.29) is 19.0 Å². The molecule has 1 aliphatic rings. The van der Waals surface area contributed by atoms with Gasteiger partial charge >= 0.3 is 5.97 Å². The molecule has 1 N–H and O–H groups in total. The van der Waals surface area contributed by atoms with Crippen LogP contribution >= 0.6 is 27.5 Å². The number of hydrogen-bond acceptors (Lipinski definition) is 2. The Morgan fingerprint density at radius 1 is 1.41 bits per heavy atom. The van der Waals surface area contributed by atoms with Gasteiger partial charge in [0.2, 0.25) is 0 Å². The van der Waals surface area contributed by atoms with Gasteiger partial charge in [-0.15, -0.1) is 0 Å². The normalized spacial score (nSPS) is 15.5. The number of amides is 1. The quantitative estimate of drug-likeness (QED) is 0.910. The number of carbonyl (C=O) groups is 2. The molecule has 0 radical (unpaired) electrons. The predicted molar refractivity (Wildman–Crippen MR) is 66.2 cm³/mol. The summed E-state index contributed by atoms with van der Waals surface area (Å²) in [6.07, 6.45) is 0. The number of carbonyl (C=O) groups excluding carboxylic acids is 1. The van der Waals surface area contributed by atoms with E-state index in [1.54, 1.807) is 18.2 Å². The van der Waals surface area contributed by atoms with E-state index in [9.17, 15) is 9.59 Å². The van der Waals surface area contributed by atoms with Gasteiger partial charge in [0.05, 0.1) is 11.5 Å². The van der Waals surface area contributed by atoms with Crippen molar-refractivity contribution in [3.63, 3.8) is 0 Å². The van der Waals surface area contributed by atoms with Gasteiger partial charge in [-0.05, 0) is 34.1 Å². The zero-order valence-electron chi connectivity index (χ0n) is 8.69. The van der Waals surface area contributed by atoms with E-state index in [2.05, 4.69) is 15.9 Å². The fourth-order valence-corrected chi connectivity index (χ4v) is 2.49. The Kier molecular flexibility index (Phi) is 3.40. The largest absolute Gasteiger partial charge is 0.481 e. The Bertz CT molecular complexity index is 486. The number of nitrogens with zero attached hydrogens (tertiary/aromatic N) is 1. The summed E-state index contributed by atoms with van der Waals surface area (Å²) in [5, 5.41) is 9.27. The van der Waals surface area contributed by atoms with E-state index in [0.717, 1.165) is 0 Å². The second kappa shape index (κ2) is 4.66. The minimum atomic E-state index is -0.857. The SMILES string of the molecule is O=C(O)C1CN(C(=O)c2ccc(Cl)cc2Br)C1. The Balaban J connectivity index is 2.09. The first-order valence-corrected chi connectivity index (χ1v) is 6.13. The fourth-order valence-electron chi connectivity index (χ4n) is 1.63. The number of aliphatic carboxylic acids is 1. The van der Waals surface area contributed by atoms with Crippen LogP contribution in [0.25, 0.3) is 0 Å². The summed E-state index contributed by atoms with van der Waals surface area (Å²) in [5.41, 5.74) is 0.498. The molecule has 1 aliphatic heterocycles. The van der Waals surface area contributed by atoms with E-state index in [0.29, 0.717) is 15.1 Å². The molecule has 0 saturated carbocycles. The monoisotopic (exact) mass is 317 g/mol. The number of rotatable bonds is 2. The molecule has 1 aromatic rings. The number of carboxylic acids is 1. The van der Waals surface area contributed by atoms with Crippen molar-refractivity contribution in [3.05, 3.63) is 33.3 Å². The van der Waals surface area contributed by atoms with E-state index in [1.165, 1.54) is 4.90 Å². The zero-order chi connectivity index (χ0) is 12.6. The predicted octanol–water partition coefficient (Wildman–Crippen LogP) is 2.26.